The van der Waals surface area contributed by atoms with E-state index in [0.717, 1.165) is 0 Å². The zero-order valence-electron chi connectivity index (χ0n) is 10.5. The van der Waals surface area contributed by atoms with Crippen LogP contribution in [0.15, 0.2) is 24.3 Å². The van der Waals surface area contributed by atoms with Crippen LogP contribution in [0.25, 0.3) is 0 Å². The highest BCUT2D eigenvalue weighted by molar-refractivity contribution is 5.80. The van der Waals surface area contributed by atoms with Crippen molar-refractivity contribution < 1.29 is 27.4 Å². The van der Waals surface area contributed by atoms with E-state index in [2.05, 4.69) is 0 Å². The molecule has 4 nitrogen and oxygen atoms in total. The summed E-state index contributed by atoms with van der Waals surface area (Å²) in [5.74, 6) is -0.152. The van der Waals surface area contributed by atoms with Gasteiger partial charge in [-0.05, 0) is 19.1 Å². The molecule has 0 heterocycles. The summed E-state index contributed by atoms with van der Waals surface area (Å²) in [5.41, 5.74) is 0. The van der Waals surface area contributed by atoms with Gasteiger partial charge in [0, 0.05) is 0 Å². The number of hydrogen-bond acceptors (Lipinski definition) is 3. The number of ether oxygens (including phenoxy) is 2. The minimum absolute atomic E-state index is 0.291. The van der Waals surface area contributed by atoms with Crippen molar-refractivity contribution in [3.05, 3.63) is 24.3 Å². The van der Waals surface area contributed by atoms with Gasteiger partial charge in [0.05, 0.1) is 7.11 Å². The maximum absolute atomic E-state index is 11.9. The molecule has 1 aromatic rings. The third kappa shape index (κ3) is 5.07. The zero-order chi connectivity index (χ0) is 14.5. The normalized spacial score (nSPS) is 12.7. The molecule has 0 saturated carbocycles. The van der Waals surface area contributed by atoms with Crippen LogP contribution in [-0.2, 0) is 4.79 Å². The molecule has 0 aliphatic heterocycles. The monoisotopic (exact) mass is 277 g/mol. The minimum Gasteiger partial charge on any atom is -0.493 e. The molecule has 0 aromatic heterocycles. The number of hydrogen-bond donors (Lipinski definition) is 1. The lowest BCUT2D eigenvalue weighted by molar-refractivity contribution is -0.142. The number of halogens is 3. The van der Waals surface area contributed by atoms with E-state index >= 15 is 0 Å². The molecule has 0 unspecified atom stereocenters. The summed E-state index contributed by atoms with van der Waals surface area (Å²) in [4.78, 5) is 11.4. The largest absolute Gasteiger partial charge is 0.493 e. The number of benzene rings is 1. The van der Waals surface area contributed by atoms with Crippen LogP contribution in [0.4, 0.5) is 13.2 Å². The highest BCUT2D eigenvalue weighted by Crippen LogP contribution is 2.26. The van der Waals surface area contributed by atoms with E-state index in [0.29, 0.717) is 11.5 Å². The topological polar surface area (TPSA) is 47.6 Å². The van der Waals surface area contributed by atoms with E-state index in [1.165, 1.54) is 14.0 Å². The molecule has 1 N–H and O–H groups in total. The molecular weight excluding hydrogens is 263 g/mol. The summed E-state index contributed by atoms with van der Waals surface area (Å²) in [6, 6.07) is 6.56. The van der Waals surface area contributed by atoms with Crippen molar-refractivity contribution in [2.24, 2.45) is 0 Å². The molecular formula is C12H14F3NO3. The van der Waals surface area contributed by atoms with Crippen LogP contribution in [-0.4, -0.2) is 31.8 Å². The number of amides is 1. The summed E-state index contributed by atoms with van der Waals surface area (Å²) < 4.78 is 46.1. The van der Waals surface area contributed by atoms with Gasteiger partial charge in [0.1, 0.15) is 6.54 Å². The van der Waals surface area contributed by atoms with Crippen molar-refractivity contribution in [1.82, 2.24) is 5.32 Å². The van der Waals surface area contributed by atoms with Gasteiger partial charge in [0.25, 0.3) is 5.91 Å². The SMILES string of the molecule is COc1ccccc1O[C@H](C)C(=O)NCC(F)(F)F. The number of methoxy groups -OCH3 is 1. The predicted molar refractivity (Wildman–Crippen MR) is 62.1 cm³/mol. The second kappa shape index (κ2) is 6.31. The Morgan fingerprint density at radius 1 is 1.32 bits per heavy atom. The van der Waals surface area contributed by atoms with Gasteiger partial charge in [-0.25, -0.2) is 0 Å². The first-order chi connectivity index (χ1) is 8.83. The van der Waals surface area contributed by atoms with Gasteiger partial charge >= 0.3 is 6.18 Å². The van der Waals surface area contributed by atoms with E-state index in [-0.39, 0.29) is 0 Å². The lowest BCUT2D eigenvalue weighted by Gasteiger charge is -2.17. The molecule has 1 rings (SSSR count). The summed E-state index contributed by atoms with van der Waals surface area (Å²) >= 11 is 0. The Labute approximate surface area is 108 Å². The molecule has 19 heavy (non-hydrogen) atoms. The van der Waals surface area contributed by atoms with Crippen LogP contribution in [0.5, 0.6) is 11.5 Å². The molecule has 1 atom stereocenters. The van der Waals surface area contributed by atoms with Crippen molar-refractivity contribution >= 4 is 5.91 Å². The number of carbonyl (C=O) groups is 1. The number of carbonyl (C=O) groups excluding carboxylic acids is 1. The molecule has 0 fully saturated rings. The lowest BCUT2D eigenvalue weighted by atomic mass is 10.3. The van der Waals surface area contributed by atoms with Crippen LogP contribution in [0.2, 0.25) is 0 Å². The molecule has 1 amide bonds. The zero-order valence-corrected chi connectivity index (χ0v) is 10.5. The van der Waals surface area contributed by atoms with Gasteiger partial charge in [0.2, 0.25) is 0 Å². The van der Waals surface area contributed by atoms with Gasteiger partial charge in [0.15, 0.2) is 17.6 Å². The first-order valence-corrected chi connectivity index (χ1v) is 5.47. The fourth-order valence-corrected chi connectivity index (χ4v) is 1.29. The van der Waals surface area contributed by atoms with E-state index in [4.69, 9.17) is 9.47 Å². The molecule has 0 bridgehead atoms. The molecule has 0 saturated heterocycles. The lowest BCUT2D eigenvalue weighted by Crippen LogP contribution is -2.41. The van der Waals surface area contributed by atoms with Crippen molar-refractivity contribution in [3.63, 3.8) is 0 Å². The maximum Gasteiger partial charge on any atom is 0.405 e. The number of rotatable bonds is 5. The van der Waals surface area contributed by atoms with Crippen molar-refractivity contribution in [3.8, 4) is 11.5 Å². The van der Waals surface area contributed by atoms with Gasteiger partial charge in [-0.1, -0.05) is 12.1 Å². The van der Waals surface area contributed by atoms with Crippen molar-refractivity contribution in [2.75, 3.05) is 13.7 Å². The first-order valence-electron chi connectivity index (χ1n) is 5.47. The van der Waals surface area contributed by atoms with Crippen LogP contribution >= 0.6 is 0 Å². The third-order valence-corrected chi connectivity index (χ3v) is 2.21. The fourth-order valence-electron chi connectivity index (χ4n) is 1.29. The molecule has 0 aliphatic rings. The summed E-state index contributed by atoms with van der Waals surface area (Å²) in [5, 5.41) is 1.75. The Bertz CT molecular complexity index is 434. The second-order valence-electron chi connectivity index (χ2n) is 3.74. The first kappa shape index (κ1) is 15.1. The average molecular weight is 277 g/mol. The Kier molecular flexibility index (Phi) is 5.02. The van der Waals surface area contributed by atoms with Crippen LogP contribution < -0.4 is 14.8 Å². The Hall–Kier alpha value is -1.92. The standard InChI is InChI=1S/C12H14F3NO3/c1-8(11(17)16-7-12(13,14)15)19-10-6-4-3-5-9(10)18-2/h3-6,8H,7H2,1-2H3,(H,16,17)/t8-/m1/s1. The summed E-state index contributed by atoms with van der Waals surface area (Å²) in [6.07, 6.45) is -5.50. The summed E-state index contributed by atoms with van der Waals surface area (Å²) in [7, 11) is 1.43. The Morgan fingerprint density at radius 3 is 2.42 bits per heavy atom. The molecule has 1 aromatic carbocycles. The maximum atomic E-state index is 11.9. The van der Waals surface area contributed by atoms with Crippen LogP contribution in [0, 0.1) is 0 Å². The highest BCUT2D eigenvalue weighted by atomic mass is 19.4. The minimum atomic E-state index is -4.44. The van der Waals surface area contributed by atoms with Crippen LogP contribution in [0.3, 0.4) is 0 Å². The average Bonchev–Trinajstić information content (AvgIpc) is 2.35. The van der Waals surface area contributed by atoms with E-state index in [1.807, 2.05) is 0 Å². The van der Waals surface area contributed by atoms with Gasteiger partial charge in [-0.15, -0.1) is 0 Å². The van der Waals surface area contributed by atoms with Crippen molar-refractivity contribution in [2.45, 2.75) is 19.2 Å². The molecule has 106 valence electrons. The van der Waals surface area contributed by atoms with Gasteiger partial charge < -0.3 is 14.8 Å². The number of alkyl halides is 3. The Morgan fingerprint density at radius 2 is 1.89 bits per heavy atom. The molecule has 0 radical (unpaired) electrons. The van der Waals surface area contributed by atoms with Gasteiger partial charge in [-0.2, -0.15) is 13.2 Å². The smallest absolute Gasteiger partial charge is 0.405 e. The van der Waals surface area contributed by atoms with E-state index in [1.54, 1.807) is 29.6 Å². The van der Waals surface area contributed by atoms with Crippen molar-refractivity contribution in [1.29, 1.82) is 0 Å². The molecule has 0 aliphatic carbocycles. The fraction of sp³-hybridized carbons (Fsp3) is 0.417. The van der Waals surface area contributed by atoms with E-state index < -0.39 is 24.7 Å². The van der Waals surface area contributed by atoms with E-state index in [9.17, 15) is 18.0 Å². The molecule has 7 heteroatoms. The summed E-state index contributed by atoms with van der Waals surface area (Å²) in [6.45, 7) is -0.0242. The second-order valence-corrected chi connectivity index (χ2v) is 3.74. The van der Waals surface area contributed by atoms with Gasteiger partial charge in [-0.3, -0.25) is 4.79 Å². The van der Waals surface area contributed by atoms with Crippen LogP contribution in [0.1, 0.15) is 6.92 Å². The third-order valence-electron chi connectivity index (χ3n) is 2.21. The highest BCUT2D eigenvalue weighted by Gasteiger charge is 2.29. The predicted octanol–water partition coefficient (Wildman–Crippen LogP) is 2.14. The number of para-hydroxylation sites is 2. The Balaban J connectivity index is 2.59. The number of nitrogens with one attached hydrogen (secondary N) is 1. The molecule has 0 spiro atoms. The quantitative estimate of drug-likeness (QED) is 0.897.